The van der Waals surface area contributed by atoms with Gasteiger partial charge in [0, 0.05) is 10.4 Å². The molecule has 0 aliphatic heterocycles. The van der Waals surface area contributed by atoms with Crippen molar-refractivity contribution in [2.45, 2.75) is 26.3 Å². The second-order valence-electron chi connectivity index (χ2n) is 4.64. The molecule has 2 aromatic rings. The van der Waals surface area contributed by atoms with Crippen molar-refractivity contribution >= 4 is 34.5 Å². The van der Waals surface area contributed by atoms with Crippen LogP contribution in [0.15, 0.2) is 24.3 Å². The zero-order chi connectivity index (χ0) is 14.7. The van der Waals surface area contributed by atoms with Gasteiger partial charge in [0.1, 0.15) is 5.82 Å². The smallest absolute Gasteiger partial charge is 0.146 e. The van der Waals surface area contributed by atoms with E-state index in [1.807, 2.05) is 13.0 Å². The van der Waals surface area contributed by atoms with Crippen LogP contribution < -0.4 is 5.32 Å². The molecule has 1 unspecified atom stereocenters. The van der Waals surface area contributed by atoms with Gasteiger partial charge in [-0.05, 0) is 37.6 Å². The van der Waals surface area contributed by atoms with Gasteiger partial charge >= 0.3 is 0 Å². The molecule has 1 N–H and O–H groups in total. The van der Waals surface area contributed by atoms with E-state index < -0.39 is 0 Å². The number of benzene rings is 1. The number of halogens is 3. The van der Waals surface area contributed by atoms with Crippen LogP contribution in [0.5, 0.6) is 0 Å². The molecule has 0 saturated carbocycles. The summed E-state index contributed by atoms with van der Waals surface area (Å²) in [5.74, 6) is -0.370. The van der Waals surface area contributed by atoms with Crippen LogP contribution in [0.2, 0.25) is 9.36 Å². The molecule has 1 atom stereocenters. The van der Waals surface area contributed by atoms with E-state index in [0.717, 1.165) is 27.7 Å². The fraction of sp³-hybridized carbons (Fsp3) is 0.333. The Balaban J connectivity index is 2.44. The van der Waals surface area contributed by atoms with E-state index in [4.69, 9.17) is 23.2 Å². The van der Waals surface area contributed by atoms with E-state index in [1.54, 1.807) is 18.2 Å². The molecule has 0 aliphatic carbocycles. The third-order valence-electron chi connectivity index (χ3n) is 3.05. The second kappa shape index (κ2) is 6.90. The third-order valence-corrected chi connectivity index (χ3v) is 4.96. The lowest BCUT2D eigenvalue weighted by Gasteiger charge is -2.18. The first-order chi connectivity index (χ1) is 9.54. The molecule has 0 bridgehead atoms. The van der Waals surface area contributed by atoms with Crippen molar-refractivity contribution in [2.24, 2.45) is 0 Å². The van der Waals surface area contributed by atoms with Gasteiger partial charge in [0.15, 0.2) is 0 Å². The Morgan fingerprint density at radius 2 is 2.10 bits per heavy atom. The number of nitrogens with one attached hydrogen (secondary N) is 1. The quantitative estimate of drug-likeness (QED) is 0.752. The molecular weight excluding hydrogens is 316 g/mol. The molecule has 108 valence electrons. The van der Waals surface area contributed by atoms with Crippen LogP contribution in [0.3, 0.4) is 0 Å². The molecule has 0 aliphatic rings. The largest absolute Gasteiger partial charge is 0.306 e. The van der Waals surface area contributed by atoms with Crippen LogP contribution in [0, 0.1) is 12.7 Å². The maximum Gasteiger partial charge on any atom is 0.146 e. The van der Waals surface area contributed by atoms with Crippen LogP contribution in [-0.4, -0.2) is 6.54 Å². The average Bonchev–Trinajstić information content (AvgIpc) is 2.74. The van der Waals surface area contributed by atoms with E-state index in [2.05, 4.69) is 12.2 Å². The Bertz CT molecular complexity index is 578. The maximum absolute atomic E-state index is 14.3. The van der Waals surface area contributed by atoms with Crippen molar-refractivity contribution in [3.05, 3.63) is 55.4 Å². The second-order valence-corrected chi connectivity index (χ2v) is 6.73. The van der Waals surface area contributed by atoms with Gasteiger partial charge in [-0.1, -0.05) is 42.3 Å². The van der Waals surface area contributed by atoms with E-state index >= 15 is 0 Å². The average molecular weight is 332 g/mol. The lowest BCUT2D eigenvalue weighted by Crippen LogP contribution is -2.23. The normalized spacial score (nSPS) is 12.7. The van der Waals surface area contributed by atoms with Crippen molar-refractivity contribution < 1.29 is 4.39 Å². The predicted octanol–water partition coefficient (Wildman–Crippen LogP) is 5.59. The molecule has 0 amide bonds. The molecule has 0 fully saturated rings. The Kier molecular flexibility index (Phi) is 5.44. The Morgan fingerprint density at radius 3 is 2.70 bits per heavy atom. The van der Waals surface area contributed by atoms with Crippen molar-refractivity contribution in [1.29, 1.82) is 0 Å². The minimum Gasteiger partial charge on any atom is -0.306 e. The number of thiophene rings is 1. The molecule has 2 rings (SSSR count). The van der Waals surface area contributed by atoms with Gasteiger partial charge in [-0.3, -0.25) is 0 Å². The summed E-state index contributed by atoms with van der Waals surface area (Å²) in [5.41, 5.74) is 1.57. The van der Waals surface area contributed by atoms with E-state index in [0.29, 0.717) is 5.56 Å². The molecule has 0 radical (unpaired) electrons. The number of aryl methyl sites for hydroxylation is 1. The monoisotopic (exact) mass is 331 g/mol. The zero-order valence-electron chi connectivity index (χ0n) is 11.3. The van der Waals surface area contributed by atoms with Crippen molar-refractivity contribution in [3.8, 4) is 0 Å². The van der Waals surface area contributed by atoms with E-state index in [1.165, 1.54) is 11.3 Å². The highest BCUT2D eigenvalue weighted by molar-refractivity contribution is 7.16. The standard InChI is InChI=1S/C15H16Cl2FNS/c1-3-7-19-14(12-8-9(2)15(17)20-12)10-5-4-6-11(16)13(10)18/h4-6,8,14,19H,3,7H2,1-2H3. The summed E-state index contributed by atoms with van der Waals surface area (Å²) >= 11 is 13.5. The Hall–Kier alpha value is -0.610. The van der Waals surface area contributed by atoms with Crippen LogP contribution >= 0.6 is 34.5 Å². The molecule has 0 spiro atoms. The summed E-state index contributed by atoms with van der Waals surface area (Å²) in [4.78, 5) is 1.00. The fourth-order valence-corrected chi connectivity index (χ4v) is 3.52. The summed E-state index contributed by atoms with van der Waals surface area (Å²) in [5, 5.41) is 3.51. The molecule has 5 heteroatoms. The van der Waals surface area contributed by atoms with Gasteiger partial charge < -0.3 is 5.32 Å². The van der Waals surface area contributed by atoms with Crippen LogP contribution in [0.1, 0.15) is 35.4 Å². The summed E-state index contributed by atoms with van der Waals surface area (Å²) in [6.07, 6.45) is 0.969. The highest BCUT2D eigenvalue weighted by Crippen LogP contribution is 2.36. The van der Waals surface area contributed by atoms with Gasteiger partial charge in [-0.25, -0.2) is 4.39 Å². The molecule has 1 aromatic heterocycles. The summed E-state index contributed by atoms with van der Waals surface area (Å²) in [7, 11) is 0. The first kappa shape index (κ1) is 15.8. The fourth-order valence-electron chi connectivity index (χ4n) is 2.02. The predicted molar refractivity (Wildman–Crippen MR) is 85.6 cm³/mol. The lowest BCUT2D eigenvalue weighted by molar-refractivity contribution is 0.551. The highest BCUT2D eigenvalue weighted by Gasteiger charge is 2.21. The first-order valence-corrected chi connectivity index (χ1v) is 8.05. The molecule has 1 heterocycles. The zero-order valence-corrected chi connectivity index (χ0v) is 13.7. The van der Waals surface area contributed by atoms with Crippen molar-refractivity contribution in [3.63, 3.8) is 0 Å². The number of hydrogen-bond donors (Lipinski definition) is 1. The van der Waals surface area contributed by atoms with Crippen LogP contribution in [0.4, 0.5) is 4.39 Å². The topological polar surface area (TPSA) is 12.0 Å². The van der Waals surface area contributed by atoms with Gasteiger partial charge in [-0.15, -0.1) is 11.3 Å². The molecule has 0 saturated heterocycles. The van der Waals surface area contributed by atoms with Crippen molar-refractivity contribution in [2.75, 3.05) is 6.54 Å². The molecule has 1 aromatic carbocycles. The summed E-state index contributed by atoms with van der Waals surface area (Å²) in [6.45, 7) is 4.82. The molecular formula is C15H16Cl2FNS. The summed E-state index contributed by atoms with van der Waals surface area (Å²) < 4.78 is 15.0. The van der Waals surface area contributed by atoms with Gasteiger partial charge in [0.05, 0.1) is 15.4 Å². The van der Waals surface area contributed by atoms with Crippen molar-refractivity contribution in [1.82, 2.24) is 5.32 Å². The van der Waals surface area contributed by atoms with Crippen LogP contribution in [-0.2, 0) is 0 Å². The number of rotatable bonds is 5. The van der Waals surface area contributed by atoms with E-state index in [-0.39, 0.29) is 16.9 Å². The molecule has 20 heavy (non-hydrogen) atoms. The highest BCUT2D eigenvalue weighted by atomic mass is 35.5. The Morgan fingerprint density at radius 1 is 1.35 bits per heavy atom. The lowest BCUT2D eigenvalue weighted by atomic mass is 10.0. The van der Waals surface area contributed by atoms with E-state index in [9.17, 15) is 4.39 Å². The van der Waals surface area contributed by atoms with Gasteiger partial charge in [-0.2, -0.15) is 0 Å². The molecule has 1 nitrogen and oxygen atoms in total. The SMILES string of the molecule is CCCNC(c1cc(C)c(Cl)s1)c1cccc(Cl)c1F. The van der Waals surface area contributed by atoms with Gasteiger partial charge in [0.2, 0.25) is 0 Å². The Labute approximate surface area is 132 Å². The minimum atomic E-state index is -0.370. The number of hydrogen-bond acceptors (Lipinski definition) is 2. The third kappa shape index (κ3) is 3.34. The maximum atomic E-state index is 14.3. The van der Waals surface area contributed by atoms with Crippen LogP contribution in [0.25, 0.3) is 0 Å². The van der Waals surface area contributed by atoms with Gasteiger partial charge in [0.25, 0.3) is 0 Å². The first-order valence-electron chi connectivity index (χ1n) is 6.47. The minimum absolute atomic E-state index is 0.144. The summed E-state index contributed by atoms with van der Waals surface area (Å²) in [6, 6.07) is 6.87.